The van der Waals surface area contributed by atoms with E-state index in [0.717, 1.165) is 19.4 Å². The maximum atomic E-state index is 12.5. The first-order chi connectivity index (χ1) is 13.0. The zero-order valence-electron chi connectivity index (χ0n) is 16.1. The number of amides is 3. The van der Waals surface area contributed by atoms with Crippen molar-refractivity contribution in [2.45, 2.75) is 38.8 Å². The summed E-state index contributed by atoms with van der Waals surface area (Å²) >= 11 is 0. The molecule has 7 nitrogen and oxygen atoms in total. The summed E-state index contributed by atoms with van der Waals surface area (Å²) in [5.74, 6) is 0.738. The Hall–Kier alpha value is -2.28. The van der Waals surface area contributed by atoms with Gasteiger partial charge in [0, 0.05) is 31.2 Å². The van der Waals surface area contributed by atoms with E-state index in [1.807, 2.05) is 35.8 Å². The number of benzene rings is 1. The van der Waals surface area contributed by atoms with Gasteiger partial charge in [-0.2, -0.15) is 0 Å². The van der Waals surface area contributed by atoms with Crippen LogP contribution in [0, 0.1) is 0 Å². The number of carbonyl (C=O) groups excluding carboxylic acids is 2. The van der Waals surface area contributed by atoms with Crippen molar-refractivity contribution in [2.24, 2.45) is 0 Å². The largest absolute Gasteiger partial charge is 0.491 e. The molecule has 148 valence electrons. The average molecular weight is 375 g/mol. The number of nitrogens with zero attached hydrogens (tertiary/aromatic N) is 2. The molecule has 2 aliphatic rings. The monoisotopic (exact) mass is 375 g/mol. The lowest BCUT2D eigenvalue weighted by molar-refractivity contribution is 0.0303. The third-order valence-electron chi connectivity index (χ3n) is 4.89. The Balaban J connectivity index is 1.52. The molecule has 7 heteroatoms. The lowest BCUT2D eigenvalue weighted by Crippen LogP contribution is -2.47. The maximum Gasteiger partial charge on any atom is 0.317 e. The van der Waals surface area contributed by atoms with E-state index < -0.39 is 0 Å². The molecule has 1 unspecified atom stereocenters. The van der Waals surface area contributed by atoms with Crippen LogP contribution in [-0.2, 0) is 4.74 Å². The molecule has 0 aliphatic carbocycles. The molecular formula is C20H29N3O4. The Morgan fingerprint density at radius 3 is 2.56 bits per heavy atom. The van der Waals surface area contributed by atoms with Gasteiger partial charge in [0.2, 0.25) is 0 Å². The minimum absolute atomic E-state index is 0.0252. The molecule has 1 atom stereocenters. The predicted molar refractivity (Wildman–Crippen MR) is 102 cm³/mol. The van der Waals surface area contributed by atoms with E-state index in [4.69, 9.17) is 9.47 Å². The van der Waals surface area contributed by atoms with E-state index in [0.29, 0.717) is 44.2 Å². The summed E-state index contributed by atoms with van der Waals surface area (Å²) in [6.45, 7) is 7.59. The van der Waals surface area contributed by atoms with Crippen molar-refractivity contribution in [3.63, 3.8) is 0 Å². The van der Waals surface area contributed by atoms with Crippen LogP contribution in [0.4, 0.5) is 4.79 Å². The van der Waals surface area contributed by atoms with Crippen LogP contribution in [0.1, 0.15) is 37.0 Å². The number of hydrogen-bond acceptors (Lipinski definition) is 4. The van der Waals surface area contributed by atoms with Gasteiger partial charge in [0.1, 0.15) is 12.4 Å². The first-order valence-electron chi connectivity index (χ1n) is 9.71. The van der Waals surface area contributed by atoms with Crippen LogP contribution in [-0.4, -0.2) is 73.3 Å². The molecule has 0 bridgehead atoms. The number of hydrogen-bond donors (Lipinski definition) is 1. The van der Waals surface area contributed by atoms with E-state index in [1.54, 1.807) is 12.1 Å². The number of urea groups is 1. The fourth-order valence-electron chi connectivity index (χ4n) is 3.44. The van der Waals surface area contributed by atoms with Crippen LogP contribution in [0.2, 0.25) is 0 Å². The van der Waals surface area contributed by atoms with Crippen molar-refractivity contribution >= 4 is 11.9 Å². The summed E-state index contributed by atoms with van der Waals surface area (Å²) in [4.78, 5) is 28.4. The summed E-state index contributed by atoms with van der Waals surface area (Å²) in [5.41, 5.74) is 0.656. The van der Waals surface area contributed by atoms with Crippen LogP contribution >= 0.6 is 0 Å². The first kappa shape index (κ1) is 19.5. The molecule has 3 amide bonds. The normalized spacial score (nSPS) is 20.0. The van der Waals surface area contributed by atoms with Crippen LogP contribution in [0.15, 0.2) is 24.3 Å². The topological polar surface area (TPSA) is 71.1 Å². The molecule has 27 heavy (non-hydrogen) atoms. The lowest BCUT2D eigenvalue weighted by atomic mass is 10.2. The molecule has 2 heterocycles. The van der Waals surface area contributed by atoms with Crippen LogP contribution in [0.25, 0.3) is 0 Å². The number of carbonyl (C=O) groups is 2. The predicted octanol–water partition coefficient (Wildman–Crippen LogP) is 2.12. The second-order valence-electron chi connectivity index (χ2n) is 7.33. The fourth-order valence-corrected chi connectivity index (χ4v) is 3.44. The maximum absolute atomic E-state index is 12.5. The van der Waals surface area contributed by atoms with E-state index in [2.05, 4.69) is 5.32 Å². The van der Waals surface area contributed by atoms with Crippen LogP contribution in [0.3, 0.4) is 0 Å². The van der Waals surface area contributed by atoms with E-state index in [-0.39, 0.29) is 24.0 Å². The second-order valence-corrected chi connectivity index (χ2v) is 7.33. The van der Waals surface area contributed by atoms with Crippen molar-refractivity contribution in [3.8, 4) is 5.75 Å². The zero-order chi connectivity index (χ0) is 19.2. The van der Waals surface area contributed by atoms with E-state index >= 15 is 0 Å². The molecule has 2 saturated heterocycles. The summed E-state index contributed by atoms with van der Waals surface area (Å²) in [7, 11) is 0. The van der Waals surface area contributed by atoms with Gasteiger partial charge in [-0.1, -0.05) is 0 Å². The van der Waals surface area contributed by atoms with Crippen molar-refractivity contribution in [1.29, 1.82) is 0 Å². The van der Waals surface area contributed by atoms with Gasteiger partial charge in [0.15, 0.2) is 0 Å². The van der Waals surface area contributed by atoms with Crippen LogP contribution < -0.4 is 10.1 Å². The van der Waals surface area contributed by atoms with E-state index in [1.165, 1.54) is 0 Å². The number of morpholine rings is 1. The summed E-state index contributed by atoms with van der Waals surface area (Å²) in [6, 6.07) is 7.41. The Bertz CT molecular complexity index is 641. The summed E-state index contributed by atoms with van der Waals surface area (Å²) in [6.07, 6.45) is 1.94. The number of ether oxygens (including phenoxy) is 2. The van der Waals surface area contributed by atoms with Gasteiger partial charge in [-0.05, 0) is 51.0 Å². The van der Waals surface area contributed by atoms with Gasteiger partial charge in [0.05, 0.1) is 19.3 Å². The Labute approximate surface area is 160 Å². The number of nitrogens with one attached hydrogen (secondary N) is 1. The van der Waals surface area contributed by atoms with Gasteiger partial charge in [-0.25, -0.2) is 4.79 Å². The molecule has 0 aromatic heterocycles. The molecule has 1 aromatic rings. The standard InChI is InChI=1S/C20H29N3O4/c1-15(2)21-20(25)23-9-3-4-17(23)14-27-18-7-5-16(6-8-18)19(24)22-10-12-26-13-11-22/h5-8,15,17H,3-4,9-14H2,1-2H3,(H,21,25). The molecule has 0 saturated carbocycles. The quantitative estimate of drug-likeness (QED) is 0.856. The van der Waals surface area contributed by atoms with Gasteiger partial charge in [-0.3, -0.25) is 4.79 Å². The molecular weight excluding hydrogens is 346 g/mol. The minimum atomic E-state index is -0.0254. The van der Waals surface area contributed by atoms with Gasteiger partial charge >= 0.3 is 6.03 Å². The fraction of sp³-hybridized carbons (Fsp3) is 0.600. The third-order valence-corrected chi connectivity index (χ3v) is 4.89. The molecule has 0 radical (unpaired) electrons. The minimum Gasteiger partial charge on any atom is -0.491 e. The molecule has 0 spiro atoms. The molecule has 2 aliphatic heterocycles. The van der Waals surface area contributed by atoms with Gasteiger partial charge in [-0.15, -0.1) is 0 Å². The van der Waals surface area contributed by atoms with Gasteiger partial charge in [0.25, 0.3) is 5.91 Å². The highest BCUT2D eigenvalue weighted by Crippen LogP contribution is 2.20. The number of likely N-dealkylation sites (tertiary alicyclic amines) is 1. The van der Waals surface area contributed by atoms with Gasteiger partial charge < -0.3 is 24.6 Å². The molecule has 1 aromatic carbocycles. The van der Waals surface area contributed by atoms with Crippen molar-refractivity contribution in [2.75, 3.05) is 39.5 Å². The highest BCUT2D eigenvalue weighted by molar-refractivity contribution is 5.94. The SMILES string of the molecule is CC(C)NC(=O)N1CCCC1COc1ccc(C(=O)N2CCOCC2)cc1. The second kappa shape index (κ2) is 9.08. The zero-order valence-corrected chi connectivity index (χ0v) is 16.1. The van der Waals surface area contributed by atoms with Crippen molar-refractivity contribution < 1.29 is 19.1 Å². The third kappa shape index (κ3) is 5.13. The summed E-state index contributed by atoms with van der Waals surface area (Å²) in [5, 5.41) is 2.94. The number of rotatable bonds is 5. The van der Waals surface area contributed by atoms with E-state index in [9.17, 15) is 9.59 Å². The first-order valence-corrected chi connectivity index (χ1v) is 9.71. The smallest absolute Gasteiger partial charge is 0.317 e. The van der Waals surface area contributed by atoms with Crippen molar-refractivity contribution in [3.05, 3.63) is 29.8 Å². The highest BCUT2D eigenvalue weighted by atomic mass is 16.5. The molecule has 2 fully saturated rings. The van der Waals surface area contributed by atoms with Crippen molar-refractivity contribution in [1.82, 2.24) is 15.1 Å². The summed E-state index contributed by atoms with van der Waals surface area (Å²) < 4.78 is 11.2. The lowest BCUT2D eigenvalue weighted by Gasteiger charge is -2.27. The van der Waals surface area contributed by atoms with Crippen LogP contribution in [0.5, 0.6) is 5.75 Å². The highest BCUT2D eigenvalue weighted by Gasteiger charge is 2.29. The average Bonchev–Trinajstić information content (AvgIpc) is 3.15. The Kier molecular flexibility index (Phi) is 6.55. The molecule has 1 N–H and O–H groups in total. The Morgan fingerprint density at radius 2 is 1.89 bits per heavy atom. The molecule has 3 rings (SSSR count). The Morgan fingerprint density at radius 1 is 1.19 bits per heavy atom.